The predicted octanol–water partition coefficient (Wildman–Crippen LogP) is 3.28. The molecule has 6 nitrogen and oxygen atoms in total. The smallest absolute Gasteiger partial charge is 0.252 e. The van der Waals surface area contributed by atoms with Gasteiger partial charge in [-0.2, -0.15) is 0 Å². The van der Waals surface area contributed by atoms with Gasteiger partial charge in [0.1, 0.15) is 0 Å². The number of sulfonamides is 1. The standard InChI is InChI=1S/C22H26BrN3O3S/c23-21-9-8-19(30(28,29)25-18-6-7-18)14-20(21)22(27)24-17-10-12-26(13-11-17)15-16-4-2-1-3-5-16/h1-5,8-9,14,17-18,25H,6-7,10-13,15H2,(H,24,27). The van der Waals surface area contributed by atoms with Gasteiger partial charge in [0.2, 0.25) is 10.0 Å². The summed E-state index contributed by atoms with van der Waals surface area (Å²) in [4.78, 5) is 15.4. The van der Waals surface area contributed by atoms with E-state index in [9.17, 15) is 13.2 Å². The minimum Gasteiger partial charge on any atom is -0.349 e. The SMILES string of the molecule is O=C(NC1CCN(Cc2ccccc2)CC1)c1cc(S(=O)(=O)NC2CC2)ccc1Br. The van der Waals surface area contributed by atoms with Crippen LogP contribution >= 0.6 is 15.9 Å². The molecule has 1 aliphatic carbocycles. The summed E-state index contributed by atoms with van der Waals surface area (Å²) in [6, 6.07) is 15.1. The number of nitrogens with one attached hydrogen (secondary N) is 2. The first-order chi connectivity index (χ1) is 14.4. The zero-order chi connectivity index (χ0) is 21.1. The van der Waals surface area contributed by atoms with Crippen LogP contribution in [-0.4, -0.2) is 44.4 Å². The molecule has 2 fully saturated rings. The van der Waals surface area contributed by atoms with E-state index in [4.69, 9.17) is 0 Å². The highest BCUT2D eigenvalue weighted by atomic mass is 79.9. The highest BCUT2D eigenvalue weighted by Crippen LogP contribution is 2.25. The van der Waals surface area contributed by atoms with Gasteiger partial charge in [-0.1, -0.05) is 30.3 Å². The Labute approximate surface area is 186 Å². The van der Waals surface area contributed by atoms with Crippen molar-refractivity contribution in [1.29, 1.82) is 0 Å². The number of halogens is 1. The van der Waals surface area contributed by atoms with Gasteiger partial charge in [0, 0.05) is 36.2 Å². The minimum atomic E-state index is -3.60. The number of amides is 1. The molecule has 1 saturated heterocycles. The number of piperidine rings is 1. The molecule has 30 heavy (non-hydrogen) atoms. The van der Waals surface area contributed by atoms with Gasteiger partial charge in [0.05, 0.1) is 10.5 Å². The van der Waals surface area contributed by atoms with Crippen molar-refractivity contribution in [3.8, 4) is 0 Å². The second-order valence-corrected chi connectivity index (χ2v) is 10.6. The van der Waals surface area contributed by atoms with Gasteiger partial charge < -0.3 is 5.32 Å². The second kappa shape index (κ2) is 9.18. The van der Waals surface area contributed by atoms with Crippen LogP contribution in [-0.2, 0) is 16.6 Å². The number of hydrogen-bond donors (Lipinski definition) is 2. The molecule has 2 aliphatic rings. The van der Waals surface area contributed by atoms with Crippen molar-refractivity contribution in [2.45, 2.75) is 49.2 Å². The van der Waals surface area contributed by atoms with E-state index in [2.05, 4.69) is 55.1 Å². The van der Waals surface area contributed by atoms with Gasteiger partial charge >= 0.3 is 0 Å². The van der Waals surface area contributed by atoms with Crippen LogP contribution in [0.5, 0.6) is 0 Å². The largest absolute Gasteiger partial charge is 0.349 e. The lowest BCUT2D eigenvalue weighted by Gasteiger charge is -2.32. The number of hydrogen-bond acceptors (Lipinski definition) is 4. The summed E-state index contributed by atoms with van der Waals surface area (Å²) in [5.41, 5.74) is 1.64. The summed E-state index contributed by atoms with van der Waals surface area (Å²) in [5, 5.41) is 3.08. The fourth-order valence-electron chi connectivity index (χ4n) is 3.67. The molecule has 0 aromatic heterocycles. The number of nitrogens with zero attached hydrogens (tertiary/aromatic N) is 1. The van der Waals surface area contributed by atoms with Crippen LogP contribution in [0.2, 0.25) is 0 Å². The van der Waals surface area contributed by atoms with Gasteiger partial charge in [0.25, 0.3) is 5.91 Å². The molecule has 160 valence electrons. The maximum absolute atomic E-state index is 12.9. The summed E-state index contributed by atoms with van der Waals surface area (Å²) in [6.45, 7) is 2.75. The molecule has 0 atom stereocenters. The van der Waals surface area contributed by atoms with Gasteiger partial charge in [-0.25, -0.2) is 13.1 Å². The number of carbonyl (C=O) groups is 1. The van der Waals surface area contributed by atoms with Crippen LogP contribution in [0.3, 0.4) is 0 Å². The molecule has 1 heterocycles. The van der Waals surface area contributed by atoms with Crippen LogP contribution in [0.15, 0.2) is 57.9 Å². The normalized spacial score (nSPS) is 18.3. The highest BCUT2D eigenvalue weighted by molar-refractivity contribution is 9.10. The molecular weight excluding hydrogens is 466 g/mol. The summed E-state index contributed by atoms with van der Waals surface area (Å²) >= 11 is 3.39. The Balaban J connectivity index is 1.35. The number of benzene rings is 2. The molecule has 0 bridgehead atoms. The van der Waals surface area contributed by atoms with Crippen molar-refractivity contribution in [2.24, 2.45) is 0 Å². The maximum atomic E-state index is 12.9. The third-order valence-corrected chi connectivity index (χ3v) is 7.77. The molecule has 0 unspecified atom stereocenters. The van der Waals surface area contributed by atoms with E-state index >= 15 is 0 Å². The predicted molar refractivity (Wildman–Crippen MR) is 120 cm³/mol. The summed E-state index contributed by atoms with van der Waals surface area (Å²) in [5.74, 6) is -0.244. The molecule has 1 aliphatic heterocycles. The van der Waals surface area contributed by atoms with E-state index in [1.165, 1.54) is 17.7 Å². The van der Waals surface area contributed by atoms with Crippen molar-refractivity contribution in [3.05, 3.63) is 64.1 Å². The summed E-state index contributed by atoms with van der Waals surface area (Å²) < 4.78 is 28.2. The minimum absolute atomic E-state index is 0.0250. The molecule has 2 N–H and O–H groups in total. The van der Waals surface area contributed by atoms with Gasteiger partial charge in [-0.15, -0.1) is 0 Å². The van der Waals surface area contributed by atoms with Gasteiger partial charge in [-0.3, -0.25) is 9.69 Å². The number of likely N-dealkylation sites (tertiary alicyclic amines) is 1. The van der Waals surface area contributed by atoms with Crippen LogP contribution in [0.4, 0.5) is 0 Å². The van der Waals surface area contributed by atoms with Crippen molar-refractivity contribution in [1.82, 2.24) is 14.9 Å². The Morgan fingerprint density at radius 3 is 2.37 bits per heavy atom. The molecule has 1 amide bonds. The van der Waals surface area contributed by atoms with Crippen molar-refractivity contribution in [3.63, 3.8) is 0 Å². The molecular formula is C22H26BrN3O3S. The van der Waals surface area contributed by atoms with Crippen LogP contribution < -0.4 is 10.0 Å². The molecule has 2 aromatic rings. The highest BCUT2D eigenvalue weighted by Gasteiger charge is 2.29. The molecule has 4 rings (SSSR count). The first kappa shape index (κ1) is 21.5. The second-order valence-electron chi connectivity index (χ2n) is 8.05. The quantitative estimate of drug-likeness (QED) is 0.622. The third kappa shape index (κ3) is 5.49. The van der Waals surface area contributed by atoms with Crippen molar-refractivity contribution >= 4 is 31.9 Å². The molecule has 0 spiro atoms. The van der Waals surface area contributed by atoms with E-state index < -0.39 is 10.0 Å². The topological polar surface area (TPSA) is 78.5 Å². The molecule has 1 saturated carbocycles. The maximum Gasteiger partial charge on any atom is 0.252 e. The molecule has 2 aromatic carbocycles. The van der Waals surface area contributed by atoms with Gasteiger partial charge in [0.15, 0.2) is 0 Å². The first-order valence-electron chi connectivity index (χ1n) is 10.3. The number of carbonyl (C=O) groups excluding carboxylic acids is 1. The zero-order valence-corrected chi connectivity index (χ0v) is 19.1. The van der Waals surface area contributed by atoms with E-state index in [0.717, 1.165) is 45.3 Å². The van der Waals surface area contributed by atoms with Crippen molar-refractivity contribution in [2.75, 3.05) is 13.1 Å². The fourth-order valence-corrected chi connectivity index (χ4v) is 5.43. The average molecular weight is 492 g/mol. The first-order valence-corrected chi connectivity index (χ1v) is 12.6. The fraction of sp³-hybridized carbons (Fsp3) is 0.409. The van der Waals surface area contributed by atoms with E-state index in [0.29, 0.717) is 10.0 Å². The Hall–Kier alpha value is -1.74. The summed E-state index contributed by atoms with van der Waals surface area (Å²) in [7, 11) is -3.60. The van der Waals surface area contributed by atoms with E-state index in [-0.39, 0.29) is 22.9 Å². The molecule has 0 radical (unpaired) electrons. The lowest BCUT2D eigenvalue weighted by molar-refractivity contribution is 0.0908. The molecule has 8 heteroatoms. The van der Waals surface area contributed by atoms with E-state index in [1.54, 1.807) is 6.07 Å². The van der Waals surface area contributed by atoms with Crippen LogP contribution in [0, 0.1) is 0 Å². The Kier molecular flexibility index (Phi) is 6.57. The van der Waals surface area contributed by atoms with Crippen LogP contribution in [0.1, 0.15) is 41.6 Å². The summed E-state index contributed by atoms with van der Waals surface area (Å²) in [6.07, 6.45) is 3.48. The average Bonchev–Trinajstić information content (AvgIpc) is 3.53. The lowest BCUT2D eigenvalue weighted by atomic mass is 10.0. The number of rotatable bonds is 7. The van der Waals surface area contributed by atoms with Gasteiger partial charge in [-0.05, 0) is 65.4 Å². The third-order valence-electron chi connectivity index (χ3n) is 5.56. The zero-order valence-electron chi connectivity index (χ0n) is 16.7. The Bertz CT molecular complexity index is 1000. The van der Waals surface area contributed by atoms with Crippen molar-refractivity contribution < 1.29 is 13.2 Å². The van der Waals surface area contributed by atoms with E-state index in [1.807, 2.05) is 6.07 Å². The lowest BCUT2D eigenvalue weighted by Crippen LogP contribution is -2.44. The van der Waals surface area contributed by atoms with Crippen LogP contribution in [0.25, 0.3) is 0 Å². The monoisotopic (exact) mass is 491 g/mol. The Morgan fingerprint density at radius 1 is 1.00 bits per heavy atom. The Morgan fingerprint density at radius 2 is 1.70 bits per heavy atom.